The van der Waals surface area contributed by atoms with E-state index in [1.54, 1.807) is 0 Å². The summed E-state index contributed by atoms with van der Waals surface area (Å²) in [4.78, 5) is 21.8. The number of rotatable bonds is 5. The Kier molecular flexibility index (Phi) is 4.82. The summed E-state index contributed by atoms with van der Waals surface area (Å²) in [6.45, 7) is 0. The van der Waals surface area contributed by atoms with Crippen molar-refractivity contribution in [2.75, 3.05) is 7.11 Å². The van der Waals surface area contributed by atoms with Crippen LogP contribution in [0.3, 0.4) is 0 Å². The number of hydrogen-bond acceptors (Lipinski definition) is 5. The van der Waals surface area contributed by atoms with Gasteiger partial charge in [0.2, 0.25) is 0 Å². The Morgan fingerprint density at radius 2 is 2.11 bits per heavy atom. The van der Waals surface area contributed by atoms with Crippen molar-refractivity contribution in [3.8, 4) is 5.75 Å². The van der Waals surface area contributed by atoms with Crippen LogP contribution in [0.2, 0.25) is 0 Å². The van der Waals surface area contributed by atoms with Crippen LogP contribution in [0.15, 0.2) is 12.1 Å². The molecule has 6 nitrogen and oxygen atoms in total. The molecule has 0 aromatic heterocycles. The third kappa shape index (κ3) is 3.65. The maximum Gasteiger partial charge on any atom is 0.341 e. The number of carbonyl (C=O) groups excluding carboxylic acids is 1. The van der Waals surface area contributed by atoms with Gasteiger partial charge in [0.15, 0.2) is 11.6 Å². The number of carbonyl (C=O) groups is 2. The van der Waals surface area contributed by atoms with Crippen LogP contribution in [-0.4, -0.2) is 29.3 Å². The molecule has 0 fully saturated rings. The first-order valence-corrected chi connectivity index (χ1v) is 5.45. The van der Waals surface area contributed by atoms with E-state index < -0.39 is 29.5 Å². The Labute approximate surface area is 108 Å². The molecule has 1 unspecified atom stereocenters. The van der Waals surface area contributed by atoms with Crippen LogP contribution in [0, 0.1) is 5.82 Å². The smallest absolute Gasteiger partial charge is 0.341 e. The molecule has 0 bridgehead atoms. The molecule has 0 heterocycles. The zero-order valence-electron chi connectivity index (χ0n) is 10.2. The van der Waals surface area contributed by atoms with Crippen molar-refractivity contribution in [2.45, 2.75) is 18.9 Å². The third-order valence-electron chi connectivity index (χ3n) is 2.59. The maximum absolute atomic E-state index is 13.5. The minimum absolute atomic E-state index is 0.0835. The number of aromatic hydroxyl groups is 1. The summed E-state index contributed by atoms with van der Waals surface area (Å²) >= 11 is 0. The molecule has 0 aliphatic carbocycles. The van der Waals surface area contributed by atoms with Crippen LogP contribution >= 0.6 is 0 Å². The average Bonchev–Trinajstić information content (AvgIpc) is 2.37. The maximum atomic E-state index is 13.5. The van der Waals surface area contributed by atoms with E-state index in [4.69, 9.17) is 10.8 Å². The number of nitrogens with two attached hydrogens (primary N) is 1. The number of ether oxygens (including phenoxy) is 1. The van der Waals surface area contributed by atoms with Crippen LogP contribution in [0.4, 0.5) is 4.39 Å². The van der Waals surface area contributed by atoms with Crippen molar-refractivity contribution >= 4 is 11.9 Å². The number of carboxylic acids is 1. The van der Waals surface area contributed by atoms with E-state index in [1.807, 2.05) is 0 Å². The van der Waals surface area contributed by atoms with Gasteiger partial charge in [0.05, 0.1) is 7.11 Å². The van der Waals surface area contributed by atoms with Crippen LogP contribution in [-0.2, 0) is 9.53 Å². The van der Waals surface area contributed by atoms with Gasteiger partial charge in [-0.1, -0.05) is 0 Å². The predicted molar refractivity (Wildman–Crippen MR) is 63.2 cm³/mol. The van der Waals surface area contributed by atoms with Gasteiger partial charge in [0.25, 0.3) is 0 Å². The fourth-order valence-corrected chi connectivity index (χ4v) is 1.55. The van der Waals surface area contributed by atoms with Gasteiger partial charge in [0, 0.05) is 12.5 Å². The number of phenolic OH excluding ortho intramolecular Hbond substituents is 1. The lowest BCUT2D eigenvalue weighted by Crippen LogP contribution is -2.14. The highest BCUT2D eigenvalue weighted by Crippen LogP contribution is 2.27. The minimum Gasteiger partial charge on any atom is -0.504 e. The van der Waals surface area contributed by atoms with E-state index >= 15 is 0 Å². The molecule has 19 heavy (non-hydrogen) atoms. The van der Waals surface area contributed by atoms with E-state index in [1.165, 1.54) is 6.07 Å². The Morgan fingerprint density at radius 3 is 2.63 bits per heavy atom. The number of hydrogen-bond donors (Lipinski definition) is 3. The Morgan fingerprint density at radius 1 is 1.47 bits per heavy atom. The number of benzene rings is 1. The van der Waals surface area contributed by atoms with Crippen molar-refractivity contribution < 1.29 is 28.9 Å². The summed E-state index contributed by atoms with van der Waals surface area (Å²) in [5.41, 5.74) is 5.58. The van der Waals surface area contributed by atoms with Crippen molar-refractivity contribution in [1.29, 1.82) is 0 Å². The minimum atomic E-state index is -1.03. The largest absolute Gasteiger partial charge is 0.504 e. The lowest BCUT2D eigenvalue weighted by Gasteiger charge is -2.13. The van der Waals surface area contributed by atoms with E-state index in [2.05, 4.69) is 4.74 Å². The van der Waals surface area contributed by atoms with Gasteiger partial charge < -0.3 is 20.7 Å². The quantitative estimate of drug-likeness (QED) is 0.694. The predicted octanol–water partition coefficient (Wildman–Crippen LogP) is 1.18. The summed E-state index contributed by atoms with van der Waals surface area (Å²) in [6, 6.07) is 1.40. The number of halogens is 1. The summed E-state index contributed by atoms with van der Waals surface area (Å²) in [5.74, 6) is -3.75. The number of carboxylic acid groups (broad SMARTS) is 1. The van der Waals surface area contributed by atoms with Crippen molar-refractivity contribution in [2.24, 2.45) is 5.73 Å². The van der Waals surface area contributed by atoms with Crippen LogP contribution in [0.5, 0.6) is 5.75 Å². The molecular weight excluding hydrogens is 257 g/mol. The lowest BCUT2D eigenvalue weighted by atomic mass is 9.99. The van der Waals surface area contributed by atoms with Gasteiger partial charge in [-0.05, 0) is 24.1 Å². The number of phenols is 1. The van der Waals surface area contributed by atoms with Crippen molar-refractivity contribution in [3.05, 3.63) is 29.1 Å². The highest BCUT2D eigenvalue weighted by atomic mass is 19.1. The summed E-state index contributed by atoms with van der Waals surface area (Å²) in [6.07, 6.45) is -0.0998. The van der Waals surface area contributed by atoms with Crippen molar-refractivity contribution in [3.63, 3.8) is 0 Å². The van der Waals surface area contributed by atoms with Gasteiger partial charge in [-0.15, -0.1) is 0 Å². The second-order valence-electron chi connectivity index (χ2n) is 3.93. The standard InChI is InChI=1S/C12H14FNO5/c1-19-12(18)7-4-6(5-8(13)11(7)17)9(14)2-3-10(15)16/h4-5,9,17H,2-3,14H2,1H3,(H,15,16). The molecule has 0 saturated heterocycles. The third-order valence-corrected chi connectivity index (χ3v) is 2.59. The first-order valence-electron chi connectivity index (χ1n) is 5.45. The molecule has 7 heteroatoms. The Hall–Kier alpha value is -2.15. The number of esters is 1. The van der Waals surface area contributed by atoms with Gasteiger partial charge in [-0.2, -0.15) is 0 Å². The molecule has 4 N–H and O–H groups in total. The van der Waals surface area contributed by atoms with Crippen molar-refractivity contribution in [1.82, 2.24) is 0 Å². The summed E-state index contributed by atoms with van der Waals surface area (Å²) in [5, 5.41) is 18.0. The number of aliphatic carboxylic acids is 1. The molecular formula is C12H14FNO5. The van der Waals surface area contributed by atoms with Gasteiger partial charge in [-0.3, -0.25) is 4.79 Å². The molecule has 0 aliphatic heterocycles. The molecule has 0 amide bonds. The normalized spacial score (nSPS) is 11.9. The average molecular weight is 271 g/mol. The molecule has 0 spiro atoms. The second kappa shape index (κ2) is 6.14. The van der Waals surface area contributed by atoms with E-state index in [-0.39, 0.29) is 24.0 Å². The zero-order chi connectivity index (χ0) is 14.6. The number of methoxy groups -OCH3 is 1. The Bertz CT molecular complexity index is 503. The SMILES string of the molecule is COC(=O)c1cc(C(N)CCC(=O)O)cc(F)c1O. The molecule has 104 valence electrons. The highest BCUT2D eigenvalue weighted by Gasteiger charge is 2.19. The van der Waals surface area contributed by atoms with Gasteiger partial charge in [0.1, 0.15) is 5.56 Å². The van der Waals surface area contributed by atoms with Gasteiger partial charge >= 0.3 is 11.9 Å². The first kappa shape index (κ1) is 14.9. The first-order chi connectivity index (χ1) is 8.86. The molecule has 1 rings (SSSR count). The summed E-state index contributed by atoms with van der Waals surface area (Å²) in [7, 11) is 1.09. The topological polar surface area (TPSA) is 110 Å². The molecule has 0 radical (unpaired) electrons. The molecule has 1 aromatic carbocycles. The molecule has 1 atom stereocenters. The van der Waals surface area contributed by atoms with E-state index in [9.17, 15) is 19.1 Å². The molecule has 0 saturated carbocycles. The van der Waals surface area contributed by atoms with Crippen LogP contribution in [0.25, 0.3) is 0 Å². The molecule has 0 aliphatic rings. The van der Waals surface area contributed by atoms with Crippen LogP contribution in [0.1, 0.15) is 34.8 Å². The fourth-order valence-electron chi connectivity index (χ4n) is 1.55. The zero-order valence-corrected chi connectivity index (χ0v) is 10.2. The molecule has 1 aromatic rings. The van der Waals surface area contributed by atoms with E-state index in [0.717, 1.165) is 13.2 Å². The summed E-state index contributed by atoms with van der Waals surface area (Å²) < 4.78 is 17.9. The monoisotopic (exact) mass is 271 g/mol. The Balaban J connectivity index is 3.05. The lowest BCUT2D eigenvalue weighted by molar-refractivity contribution is -0.137. The highest BCUT2D eigenvalue weighted by molar-refractivity contribution is 5.92. The van der Waals surface area contributed by atoms with E-state index in [0.29, 0.717) is 0 Å². The van der Waals surface area contributed by atoms with Gasteiger partial charge in [-0.25, -0.2) is 9.18 Å². The van der Waals surface area contributed by atoms with Crippen LogP contribution < -0.4 is 5.73 Å². The fraction of sp³-hybridized carbons (Fsp3) is 0.333. The second-order valence-corrected chi connectivity index (χ2v) is 3.93.